The largest absolute Gasteiger partial charge is 0.412 e. The number of nitrogens with one attached hydrogen (secondary N) is 1. The van der Waals surface area contributed by atoms with Crippen LogP contribution in [0, 0.1) is 6.92 Å². The lowest BCUT2D eigenvalue weighted by Gasteiger charge is -2.14. The van der Waals surface area contributed by atoms with Gasteiger partial charge in [0.15, 0.2) is 0 Å². The molecule has 0 unspecified atom stereocenters. The second-order valence-electron chi connectivity index (χ2n) is 3.48. The maximum atomic E-state index is 11.0. The van der Waals surface area contributed by atoms with Crippen LogP contribution in [0.4, 0.5) is 10.5 Å². The summed E-state index contributed by atoms with van der Waals surface area (Å²) in [5.74, 6) is 0.583. The monoisotopic (exact) mass is 208 g/mol. The molecular weight excluding hydrogens is 192 g/mol. The molecule has 0 aliphatic heterocycles. The van der Waals surface area contributed by atoms with E-state index in [1.54, 1.807) is 6.07 Å². The molecule has 1 aromatic carbocycles. The number of amides is 1. The minimum Gasteiger partial charge on any atom is -0.410 e. The summed E-state index contributed by atoms with van der Waals surface area (Å²) in [7, 11) is 5.47. The second-order valence-corrected chi connectivity index (χ2v) is 3.48. The summed E-state index contributed by atoms with van der Waals surface area (Å²) in [6.07, 6.45) is -0.448. The Kier molecular flexibility index (Phi) is 3.55. The summed E-state index contributed by atoms with van der Waals surface area (Å²) in [5, 5.41) is 2.41. The van der Waals surface area contributed by atoms with Crippen LogP contribution >= 0.6 is 0 Å². The Labute approximate surface area is 89.8 Å². The molecule has 15 heavy (non-hydrogen) atoms. The number of carbonyl (C=O) groups is 1. The molecule has 1 aromatic rings. The van der Waals surface area contributed by atoms with E-state index in [0.29, 0.717) is 5.75 Å². The molecule has 82 valence electrons. The van der Waals surface area contributed by atoms with Gasteiger partial charge in [0.05, 0.1) is 0 Å². The molecule has 0 saturated carbocycles. The van der Waals surface area contributed by atoms with Crippen LogP contribution in [-0.4, -0.2) is 27.2 Å². The average Bonchev–Trinajstić information content (AvgIpc) is 2.20. The Morgan fingerprint density at radius 3 is 2.53 bits per heavy atom. The van der Waals surface area contributed by atoms with Crippen LogP contribution in [0.2, 0.25) is 0 Å². The summed E-state index contributed by atoms with van der Waals surface area (Å²) < 4.78 is 5.06. The minimum atomic E-state index is -0.448. The third-order valence-electron chi connectivity index (χ3n) is 2.08. The third-order valence-corrected chi connectivity index (χ3v) is 2.08. The number of benzene rings is 1. The van der Waals surface area contributed by atoms with Gasteiger partial charge in [-0.3, -0.25) is 0 Å². The van der Waals surface area contributed by atoms with E-state index in [-0.39, 0.29) is 0 Å². The summed E-state index contributed by atoms with van der Waals surface area (Å²) in [6, 6.07) is 5.67. The number of ether oxygens (including phenoxy) is 1. The van der Waals surface area contributed by atoms with Crippen molar-refractivity contribution in [2.75, 3.05) is 26.0 Å². The van der Waals surface area contributed by atoms with Crippen LogP contribution in [0.5, 0.6) is 5.75 Å². The molecule has 4 nitrogen and oxygen atoms in total. The van der Waals surface area contributed by atoms with Crippen molar-refractivity contribution in [1.82, 2.24) is 5.32 Å². The smallest absolute Gasteiger partial charge is 0.410 e. The molecule has 0 heterocycles. The molecule has 0 aromatic heterocycles. The molecule has 0 fully saturated rings. The number of rotatable bonds is 2. The van der Waals surface area contributed by atoms with Gasteiger partial charge in [0.1, 0.15) is 5.75 Å². The maximum Gasteiger partial charge on any atom is 0.412 e. The van der Waals surface area contributed by atoms with Crippen molar-refractivity contribution < 1.29 is 9.53 Å². The van der Waals surface area contributed by atoms with Gasteiger partial charge >= 0.3 is 6.09 Å². The van der Waals surface area contributed by atoms with Crippen molar-refractivity contribution >= 4 is 11.8 Å². The lowest BCUT2D eigenvalue weighted by atomic mass is 10.2. The average molecular weight is 208 g/mol. The van der Waals surface area contributed by atoms with Gasteiger partial charge in [0.25, 0.3) is 0 Å². The van der Waals surface area contributed by atoms with Gasteiger partial charge in [-0.25, -0.2) is 4.79 Å². The van der Waals surface area contributed by atoms with Crippen molar-refractivity contribution in [2.24, 2.45) is 0 Å². The fraction of sp³-hybridized carbons (Fsp3) is 0.364. The van der Waals surface area contributed by atoms with E-state index in [0.717, 1.165) is 11.3 Å². The Bertz CT molecular complexity index is 362. The normalized spacial score (nSPS) is 9.60. The quantitative estimate of drug-likeness (QED) is 0.805. The highest BCUT2D eigenvalue weighted by Crippen LogP contribution is 2.23. The van der Waals surface area contributed by atoms with Crippen LogP contribution in [-0.2, 0) is 0 Å². The molecule has 4 heteroatoms. The Morgan fingerprint density at radius 2 is 2.07 bits per heavy atom. The standard InChI is InChI=1S/C11H16N2O2/c1-8-7-9(13(3)4)5-6-10(8)15-11(14)12-2/h5-7H,1-4H3,(H,12,14). The fourth-order valence-corrected chi connectivity index (χ4v) is 1.18. The topological polar surface area (TPSA) is 41.6 Å². The molecule has 1 rings (SSSR count). The Balaban J connectivity index is 2.88. The predicted octanol–water partition coefficient (Wildman–Crippen LogP) is 1.78. The summed E-state index contributed by atoms with van der Waals surface area (Å²) in [5.41, 5.74) is 2.02. The van der Waals surface area contributed by atoms with Crippen molar-refractivity contribution in [3.63, 3.8) is 0 Å². The number of anilines is 1. The van der Waals surface area contributed by atoms with Gasteiger partial charge in [-0.05, 0) is 30.7 Å². The first-order chi connectivity index (χ1) is 7.04. The second kappa shape index (κ2) is 4.68. The summed E-state index contributed by atoms with van der Waals surface area (Å²) in [4.78, 5) is 13.0. The molecule has 1 N–H and O–H groups in total. The molecule has 0 atom stereocenters. The van der Waals surface area contributed by atoms with Gasteiger partial charge in [0, 0.05) is 26.8 Å². The number of nitrogens with zero attached hydrogens (tertiary/aromatic N) is 1. The fourth-order valence-electron chi connectivity index (χ4n) is 1.18. The van der Waals surface area contributed by atoms with E-state index in [2.05, 4.69) is 5.32 Å². The van der Waals surface area contributed by atoms with Crippen LogP contribution in [0.15, 0.2) is 18.2 Å². The van der Waals surface area contributed by atoms with E-state index >= 15 is 0 Å². The first kappa shape index (κ1) is 11.4. The SMILES string of the molecule is CNC(=O)Oc1ccc(N(C)C)cc1C. The van der Waals surface area contributed by atoms with Gasteiger partial charge in [0.2, 0.25) is 0 Å². The zero-order valence-corrected chi connectivity index (χ0v) is 9.50. The summed E-state index contributed by atoms with van der Waals surface area (Å²) >= 11 is 0. The summed E-state index contributed by atoms with van der Waals surface area (Å²) in [6.45, 7) is 1.91. The zero-order chi connectivity index (χ0) is 11.4. The van der Waals surface area contributed by atoms with Crippen molar-refractivity contribution in [2.45, 2.75) is 6.92 Å². The molecule has 0 aliphatic rings. The molecule has 0 aliphatic carbocycles. The van der Waals surface area contributed by atoms with Crippen molar-refractivity contribution in [1.29, 1.82) is 0 Å². The highest BCUT2D eigenvalue weighted by atomic mass is 16.6. The number of hydrogen-bond donors (Lipinski definition) is 1. The van der Waals surface area contributed by atoms with Gasteiger partial charge < -0.3 is 15.0 Å². The Hall–Kier alpha value is -1.71. The van der Waals surface area contributed by atoms with Crippen molar-refractivity contribution in [3.8, 4) is 5.75 Å². The lowest BCUT2D eigenvalue weighted by molar-refractivity contribution is 0.202. The maximum absolute atomic E-state index is 11.0. The molecule has 0 saturated heterocycles. The molecule has 0 bridgehead atoms. The highest BCUT2D eigenvalue weighted by Gasteiger charge is 2.06. The van der Waals surface area contributed by atoms with Crippen LogP contribution < -0.4 is 15.0 Å². The van der Waals surface area contributed by atoms with E-state index in [1.165, 1.54) is 7.05 Å². The molecule has 1 amide bonds. The number of hydrogen-bond acceptors (Lipinski definition) is 3. The molecular formula is C11H16N2O2. The Morgan fingerprint density at radius 1 is 1.40 bits per heavy atom. The first-order valence-corrected chi connectivity index (χ1v) is 4.72. The van der Waals surface area contributed by atoms with Gasteiger partial charge in [-0.1, -0.05) is 0 Å². The van der Waals surface area contributed by atoms with Gasteiger partial charge in [-0.2, -0.15) is 0 Å². The minimum absolute atomic E-state index is 0.448. The third kappa shape index (κ3) is 2.87. The van der Waals surface area contributed by atoms with Crippen molar-refractivity contribution in [3.05, 3.63) is 23.8 Å². The van der Waals surface area contributed by atoms with Gasteiger partial charge in [-0.15, -0.1) is 0 Å². The first-order valence-electron chi connectivity index (χ1n) is 4.72. The predicted molar refractivity (Wildman–Crippen MR) is 60.6 cm³/mol. The molecule has 0 spiro atoms. The van der Waals surface area contributed by atoms with Crippen LogP contribution in [0.3, 0.4) is 0 Å². The zero-order valence-electron chi connectivity index (χ0n) is 9.50. The van der Waals surface area contributed by atoms with Crippen LogP contribution in [0.1, 0.15) is 5.56 Å². The lowest BCUT2D eigenvalue weighted by Crippen LogP contribution is -2.22. The van der Waals surface area contributed by atoms with E-state index in [1.807, 2.05) is 38.1 Å². The van der Waals surface area contributed by atoms with E-state index < -0.39 is 6.09 Å². The van der Waals surface area contributed by atoms with Crippen LogP contribution in [0.25, 0.3) is 0 Å². The number of aryl methyl sites for hydroxylation is 1. The van der Waals surface area contributed by atoms with E-state index in [9.17, 15) is 4.79 Å². The number of carbonyl (C=O) groups excluding carboxylic acids is 1. The molecule has 0 radical (unpaired) electrons. The van der Waals surface area contributed by atoms with E-state index in [4.69, 9.17) is 4.74 Å². The highest BCUT2D eigenvalue weighted by molar-refractivity contribution is 5.70.